The monoisotopic (exact) mass is 299 g/mol. The molecule has 2 unspecified atom stereocenters. The van der Waals surface area contributed by atoms with E-state index < -0.39 is 10.0 Å². The highest BCUT2D eigenvalue weighted by molar-refractivity contribution is 7.89. The predicted octanol–water partition coefficient (Wildman–Crippen LogP) is 1.65. The van der Waals surface area contributed by atoms with Gasteiger partial charge in [-0.25, -0.2) is 13.1 Å². The summed E-state index contributed by atoms with van der Waals surface area (Å²) in [7, 11) is -2.18. The maximum atomic E-state index is 12.5. The number of ether oxygens (including phenoxy) is 1. The van der Waals surface area contributed by atoms with Crippen LogP contribution in [-0.2, 0) is 16.6 Å². The summed E-state index contributed by atoms with van der Waals surface area (Å²) in [4.78, 5) is 0.122. The Balaban J connectivity index is 2.29. The zero-order valence-corrected chi connectivity index (χ0v) is 12.6. The van der Waals surface area contributed by atoms with Gasteiger partial charge in [0, 0.05) is 6.04 Å². The minimum absolute atomic E-state index is 0.0118. The van der Waals surface area contributed by atoms with Crippen LogP contribution in [0.3, 0.4) is 0 Å². The van der Waals surface area contributed by atoms with Crippen molar-refractivity contribution in [1.29, 1.82) is 0 Å². The molecule has 0 saturated heterocycles. The van der Waals surface area contributed by atoms with E-state index in [-0.39, 0.29) is 23.3 Å². The lowest BCUT2D eigenvalue weighted by atomic mass is 10.1. The fourth-order valence-corrected chi connectivity index (χ4v) is 4.15. The average Bonchev–Trinajstić information content (AvgIpc) is 2.82. The first kappa shape index (κ1) is 15.3. The van der Waals surface area contributed by atoms with E-state index in [9.17, 15) is 8.42 Å². The predicted molar refractivity (Wildman–Crippen MR) is 76.0 cm³/mol. The number of methoxy groups -OCH3 is 1. The van der Waals surface area contributed by atoms with Crippen LogP contribution in [0.1, 0.15) is 31.7 Å². The van der Waals surface area contributed by atoms with Crippen LogP contribution in [0.25, 0.3) is 0 Å². The number of sulfonamides is 1. The summed E-state index contributed by atoms with van der Waals surface area (Å²) in [6.45, 7) is 1.91. The second-order valence-electron chi connectivity index (χ2n) is 5.28. The zero-order valence-electron chi connectivity index (χ0n) is 11.8. The molecule has 5 nitrogen and oxygen atoms in total. The lowest BCUT2D eigenvalue weighted by molar-refractivity contribution is 0.280. The van der Waals surface area contributed by atoms with Crippen molar-refractivity contribution in [2.45, 2.75) is 43.7 Å². The molecule has 0 bridgehead atoms. The molecule has 0 aliphatic heterocycles. The standard InChI is InChI=1S/C14H21NO4S/c1-10-4-3-5-12(10)15-20(17,18)14-7-6-11(9-16)8-13(14)19-2/h6-8,10,12,15-16H,3-5,9H2,1-2H3. The van der Waals surface area contributed by atoms with Crippen molar-refractivity contribution in [3.05, 3.63) is 23.8 Å². The van der Waals surface area contributed by atoms with Gasteiger partial charge in [-0.3, -0.25) is 0 Å². The quantitative estimate of drug-likeness (QED) is 0.867. The van der Waals surface area contributed by atoms with E-state index in [1.54, 1.807) is 12.1 Å². The lowest BCUT2D eigenvalue weighted by Crippen LogP contribution is -2.36. The van der Waals surface area contributed by atoms with Crippen LogP contribution in [0.15, 0.2) is 23.1 Å². The molecule has 0 spiro atoms. The molecule has 0 heterocycles. The van der Waals surface area contributed by atoms with E-state index in [4.69, 9.17) is 9.84 Å². The van der Waals surface area contributed by atoms with E-state index in [0.29, 0.717) is 11.5 Å². The number of rotatable bonds is 5. The summed E-state index contributed by atoms with van der Waals surface area (Å²) in [6, 6.07) is 4.61. The number of benzene rings is 1. The molecule has 6 heteroatoms. The molecule has 2 rings (SSSR count). The van der Waals surface area contributed by atoms with E-state index in [1.165, 1.54) is 13.2 Å². The van der Waals surface area contributed by atoms with E-state index in [1.807, 2.05) is 0 Å². The Morgan fingerprint density at radius 3 is 2.70 bits per heavy atom. The van der Waals surface area contributed by atoms with Crippen molar-refractivity contribution in [1.82, 2.24) is 4.72 Å². The van der Waals surface area contributed by atoms with Crippen LogP contribution in [0, 0.1) is 5.92 Å². The van der Waals surface area contributed by atoms with E-state index in [2.05, 4.69) is 11.6 Å². The normalized spacial score (nSPS) is 22.9. The Hall–Kier alpha value is -1.11. The molecule has 0 aromatic heterocycles. The maximum Gasteiger partial charge on any atom is 0.244 e. The SMILES string of the molecule is COc1cc(CO)ccc1S(=O)(=O)NC1CCCC1C. The summed E-state index contributed by atoms with van der Waals surface area (Å²) < 4.78 is 32.8. The molecule has 1 fully saturated rings. The van der Waals surface area contributed by atoms with Crippen LogP contribution in [0.2, 0.25) is 0 Å². The third-order valence-electron chi connectivity index (χ3n) is 3.87. The Labute approximate surface area is 120 Å². The fourth-order valence-electron chi connectivity index (χ4n) is 2.62. The summed E-state index contributed by atoms with van der Waals surface area (Å²) in [6.07, 6.45) is 2.97. The van der Waals surface area contributed by atoms with Gasteiger partial charge in [-0.15, -0.1) is 0 Å². The molecule has 1 aromatic rings. The van der Waals surface area contributed by atoms with Crippen molar-refractivity contribution in [2.75, 3.05) is 7.11 Å². The van der Waals surface area contributed by atoms with Gasteiger partial charge in [-0.05, 0) is 36.5 Å². The molecular formula is C14H21NO4S. The second-order valence-corrected chi connectivity index (χ2v) is 6.96. The van der Waals surface area contributed by atoms with Crippen molar-refractivity contribution >= 4 is 10.0 Å². The first-order chi connectivity index (χ1) is 9.47. The van der Waals surface area contributed by atoms with Crippen molar-refractivity contribution in [2.24, 2.45) is 5.92 Å². The average molecular weight is 299 g/mol. The lowest BCUT2D eigenvalue weighted by Gasteiger charge is -2.18. The minimum Gasteiger partial charge on any atom is -0.495 e. The van der Waals surface area contributed by atoms with Crippen molar-refractivity contribution in [3.63, 3.8) is 0 Å². The smallest absolute Gasteiger partial charge is 0.244 e. The fraction of sp³-hybridized carbons (Fsp3) is 0.571. The molecule has 2 atom stereocenters. The molecule has 0 amide bonds. The zero-order chi connectivity index (χ0) is 14.8. The maximum absolute atomic E-state index is 12.5. The highest BCUT2D eigenvalue weighted by atomic mass is 32.2. The molecule has 1 aliphatic carbocycles. The van der Waals surface area contributed by atoms with Gasteiger partial charge in [0.2, 0.25) is 10.0 Å². The van der Waals surface area contributed by atoms with Gasteiger partial charge in [0.05, 0.1) is 13.7 Å². The number of nitrogens with one attached hydrogen (secondary N) is 1. The van der Waals surface area contributed by atoms with Gasteiger partial charge in [0.1, 0.15) is 10.6 Å². The summed E-state index contributed by atoms with van der Waals surface area (Å²) >= 11 is 0. The first-order valence-corrected chi connectivity index (χ1v) is 8.26. The Kier molecular flexibility index (Phi) is 4.67. The first-order valence-electron chi connectivity index (χ1n) is 6.78. The van der Waals surface area contributed by atoms with Gasteiger partial charge in [0.25, 0.3) is 0 Å². The Morgan fingerprint density at radius 1 is 1.40 bits per heavy atom. The molecule has 1 aliphatic rings. The van der Waals surface area contributed by atoms with Gasteiger partial charge >= 0.3 is 0 Å². The van der Waals surface area contributed by atoms with E-state index in [0.717, 1.165) is 19.3 Å². The van der Waals surface area contributed by atoms with Gasteiger partial charge in [-0.2, -0.15) is 0 Å². The van der Waals surface area contributed by atoms with E-state index >= 15 is 0 Å². The molecule has 1 aromatic carbocycles. The van der Waals surface area contributed by atoms with Crippen LogP contribution in [0.4, 0.5) is 0 Å². The molecule has 0 radical (unpaired) electrons. The van der Waals surface area contributed by atoms with Gasteiger partial charge in [-0.1, -0.05) is 19.4 Å². The number of aliphatic hydroxyl groups excluding tert-OH is 1. The molecule has 20 heavy (non-hydrogen) atoms. The number of hydrogen-bond donors (Lipinski definition) is 2. The van der Waals surface area contributed by atoms with Gasteiger partial charge < -0.3 is 9.84 Å². The molecule has 1 saturated carbocycles. The Bertz CT molecular complexity index is 571. The minimum atomic E-state index is -3.60. The summed E-state index contributed by atoms with van der Waals surface area (Å²) in [5.74, 6) is 0.613. The van der Waals surface area contributed by atoms with Crippen LogP contribution in [-0.4, -0.2) is 26.7 Å². The molecular weight excluding hydrogens is 278 g/mol. The highest BCUT2D eigenvalue weighted by Gasteiger charge is 2.29. The van der Waals surface area contributed by atoms with Gasteiger partial charge in [0.15, 0.2) is 0 Å². The summed E-state index contributed by atoms with van der Waals surface area (Å²) in [5.41, 5.74) is 0.620. The largest absolute Gasteiger partial charge is 0.495 e. The highest BCUT2D eigenvalue weighted by Crippen LogP contribution is 2.29. The second kappa shape index (κ2) is 6.11. The van der Waals surface area contributed by atoms with Crippen LogP contribution < -0.4 is 9.46 Å². The molecule has 112 valence electrons. The number of aliphatic hydroxyl groups is 1. The molecule has 2 N–H and O–H groups in total. The van der Waals surface area contributed by atoms with Crippen molar-refractivity contribution in [3.8, 4) is 5.75 Å². The Morgan fingerprint density at radius 2 is 2.15 bits per heavy atom. The van der Waals surface area contributed by atoms with Crippen molar-refractivity contribution < 1.29 is 18.3 Å². The van der Waals surface area contributed by atoms with Crippen LogP contribution in [0.5, 0.6) is 5.75 Å². The third-order valence-corrected chi connectivity index (χ3v) is 5.40. The summed E-state index contributed by atoms with van der Waals surface area (Å²) in [5, 5.41) is 9.10. The third kappa shape index (κ3) is 3.13. The van der Waals surface area contributed by atoms with Crippen LogP contribution >= 0.6 is 0 Å². The topological polar surface area (TPSA) is 75.6 Å². The number of hydrogen-bond acceptors (Lipinski definition) is 4.